The zero-order chi connectivity index (χ0) is 14.9. The molecule has 1 aliphatic heterocycles. The van der Waals surface area contributed by atoms with Crippen molar-refractivity contribution in [2.45, 2.75) is 32.6 Å². The van der Waals surface area contributed by atoms with Gasteiger partial charge in [0.2, 0.25) is 5.91 Å². The van der Waals surface area contributed by atoms with Gasteiger partial charge in [0.25, 0.3) is 0 Å². The van der Waals surface area contributed by atoms with E-state index in [9.17, 15) is 9.59 Å². The van der Waals surface area contributed by atoms with Crippen molar-refractivity contribution >= 4 is 17.6 Å². The van der Waals surface area contributed by atoms with Crippen LogP contribution in [0, 0.1) is 5.92 Å². The third kappa shape index (κ3) is 2.84. The van der Waals surface area contributed by atoms with Gasteiger partial charge in [-0.1, -0.05) is 32.9 Å². The lowest BCUT2D eigenvalue weighted by Crippen LogP contribution is -2.26. The number of rotatable bonds is 2. The monoisotopic (exact) mass is 275 g/mol. The summed E-state index contributed by atoms with van der Waals surface area (Å²) in [7, 11) is 1.35. The van der Waals surface area contributed by atoms with Gasteiger partial charge < -0.3 is 9.64 Å². The van der Waals surface area contributed by atoms with E-state index in [1.54, 1.807) is 4.90 Å². The van der Waals surface area contributed by atoms with Crippen molar-refractivity contribution in [1.29, 1.82) is 0 Å². The highest BCUT2D eigenvalue weighted by molar-refractivity contribution is 5.99. The summed E-state index contributed by atoms with van der Waals surface area (Å²) in [5.41, 5.74) is 2.15. The number of esters is 1. The van der Waals surface area contributed by atoms with E-state index in [1.165, 1.54) is 12.7 Å². The molecule has 20 heavy (non-hydrogen) atoms. The standard InChI is InChI=1S/C16H21NO3/c1-16(2,3)12-5-7-13(8-6-12)17-10-11(9-14(17)18)15(19)20-4/h5-8,11H,9-10H2,1-4H3/t11-/m0/s1. The highest BCUT2D eigenvalue weighted by atomic mass is 16.5. The van der Waals surface area contributed by atoms with Gasteiger partial charge in [0, 0.05) is 18.7 Å². The van der Waals surface area contributed by atoms with Crippen molar-refractivity contribution < 1.29 is 14.3 Å². The number of carbonyl (C=O) groups is 2. The molecule has 1 aliphatic rings. The largest absolute Gasteiger partial charge is 0.469 e. The molecule has 108 valence electrons. The minimum Gasteiger partial charge on any atom is -0.469 e. The molecule has 2 rings (SSSR count). The van der Waals surface area contributed by atoms with E-state index in [0.717, 1.165) is 5.69 Å². The Kier molecular flexibility index (Phi) is 3.84. The van der Waals surface area contributed by atoms with Crippen LogP contribution in [0.15, 0.2) is 24.3 Å². The van der Waals surface area contributed by atoms with Gasteiger partial charge in [-0.05, 0) is 23.1 Å². The Morgan fingerprint density at radius 3 is 2.35 bits per heavy atom. The molecule has 1 aromatic carbocycles. The number of hydrogen-bond acceptors (Lipinski definition) is 3. The zero-order valence-electron chi connectivity index (χ0n) is 12.5. The Labute approximate surface area is 119 Å². The highest BCUT2D eigenvalue weighted by Crippen LogP contribution is 2.29. The Bertz CT molecular complexity index is 514. The van der Waals surface area contributed by atoms with E-state index in [0.29, 0.717) is 6.54 Å². The minimum atomic E-state index is -0.352. The van der Waals surface area contributed by atoms with E-state index in [4.69, 9.17) is 4.74 Å². The molecule has 0 bridgehead atoms. The van der Waals surface area contributed by atoms with Crippen LogP contribution < -0.4 is 4.90 Å². The molecule has 1 heterocycles. The summed E-state index contributed by atoms with van der Waals surface area (Å²) in [4.78, 5) is 25.2. The summed E-state index contributed by atoms with van der Waals surface area (Å²) >= 11 is 0. The second-order valence-corrected chi connectivity index (χ2v) is 6.23. The number of nitrogens with zero attached hydrogens (tertiary/aromatic N) is 1. The van der Waals surface area contributed by atoms with Gasteiger partial charge in [0.05, 0.1) is 13.0 Å². The smallest absolute Gasteiger partial charge is 0.311 e. The van der Waals surface area contributed by atoms with Crippen LogP contribution in [0.25, 0.3) is 0 Å². The molecule has 1 amide bonds. The Balaban J connectivity index is 2.16. The first-order valence-corrected chi connectivity index (χ1v) is 6.81. The van der Waals surface area contributed by atoms with E-state index in [-0.39, 0.29) is 29.6 Å². The zero-order valence-corrected chi connectivity index (χ0v) is 12.5. The molecule has 1 atom stereocenters. The molecule has 0 unspecified atom stereocenters. The molecule has 0 radical (unpaired) electrons. The molecule has 4 heteroatoms. The first kappa shape index (κ1) is 14.6. The molecule has 4 nitrogen and oxygen atoms in total. The van der Waals surface area contributed by atoms with Crippen LogP contribution in [0.2, 0.25) is 0 Å². The normalized spacial score (nSPS) is 19.3. The van der Waals surface area contributed by atoms with Crippen molar-refractivity contribution in [2.75, 3.05) is 18.6 Å². The Morgan fingerprint density at radius 2 is 1.85 bits per heavy atom. The summed E-state index contributed by atoms with van der Waals surface area (Å²) in [6.45, 7) is 6.85. The van der Waals surface area contributed by atoms with Crippen LogP contribution in [-0.4, -0.2) is 25.5 Å². The summed E-state index contributed by atoms with van der Waals surface area (Å²) in [6.07, 6.45) is 0.230. The second kappa shape index (κ2) is 5.27. The van der Waals surface area contributed by atoms with E-state index < -0.39 is 0 Å². The first-order chi connectivity index (χ1) is 9.32. The molecule has 0 aromatic heterocycles. The van der Waals surface area contributed by atoms with E-state index in [1.807, 2.05) is 24.3 Å². The number of benzene rings is 1. The summed E-state index contributed by atoms with van der Waals surface area (Å²) in [5.74, 6) is -0.689. The van der Waals surface area contributed by atoms with Gasteiger partial charge in [-0.25, -0.2) is 0 Å². The van der Waals surface area contributed by atoms with E-state index >= 15 is 0 Å². The quantitative estimate of drug-likeness (QED) is 0.779. The fraction of sp³-hybridized carbons (Fsp3) is 0.500. The average Bonchev–Trinajstić information content (AvgIpc) is 2.79. The SMILES string of the molecule is COC(=O)[C@H]1CC(=O)N(c2ccc(C(C)(C)C)cc2)C1. The highest BCUT2D eigenvalue weighted by Gasteiger charge is 2.35. The number of amides is 1. The fourth-order valence-electron chi connectivity index (χ4n) is 2.42. The topological polar surface area (TPSA) is 46.6 Å². The molecular formula is C16H21NO3. The van der Waals surface area contributed by atoms with Crippen LogP contribution in [0.4, 0.5) is 5.69 Å². The van der Waals surface area contributed by atoms with Crippen LogP contribution in [-0.2, 0) is 19.7 Å². The third-order valence-electron chi connectivity index (χ3n) is 3.70. The molecule has 1 aromatic rings. The molecular weight excluding hydrogens is 254 g/mol. The van der Waals surface area contributed by atoms with Gasteiger partial charge in [-0.15, -0.1) is 0 Å². The maximum absolute atomic E-state index is 12.0. The van der Waals surface area contributed by atoms with E-state index in [2.05, 4.69) is 20.8 Å². The van der Waals surface area contributed by atoms with Crippen LogP contribution >= 0.6 is 0 Å². The van der Waals surface area contributed by atoms with Crippen molar-refractivity contribution in [3.8, 4) is 0 Å². The van der Waals surface area contributed by atoms with Gasteiger partial charge in [-0.2, -0.15) is 0 Å². The molecule has 0 N–H and O–H groups in total. The van der Waals surface area contributed by atoms with Crippen LogP contribution in [0.5, 0.6) is 0 Å². The van der Waals surface area contributed by atoms with Crippen molar-refractivity contribution in [1.82, 2.24) is 0 Å². The van der Waals surface area contributed by atoms with Crippen LogP contribution in [0.3, 0.4) is 0 Å². The summed E-state index contributed by atoms with van der Waals surface area (Å²) < 4.78 is 4.71. The summed E-state index contributed by atoms with van der Waals surface area (Å²) in [5, 5.41) is 0. The summed E-state index contributed by atoms with van der Waals surface area (Å²) in [6, 6.07) is 7.96. The predicted octanol–water partition coefficient (Wildman–Crippen LogP) is 2.51. The first-order valence-electron chi connectivity index (χ1n) is 6.81. The minimum absolute atomic E-state index is 0.0242. The number of methoxy groups -OCH3 is 1. The van der Waals surface area contributed by atoms with Crippen molar-refractivity contribution in [3.63, 3.8) is 0 Å². The molecule has 1 fully saturated rings. The lowest BCUT2D eigenvalue weighted by molar-refractivity contribution is -0.145. The number of anilines is 1. The van der Waals surface area contributed by atoms with Crippen LogP contribution in [0.1, 0.15) is 32.8 Å². The van der Waals surface area contributed by atoms with Gasteiger partial charge >= 0.3 is 5.97 Å². The van der Waals surface area contributed by atoms with Gasteiger partial charge in [0.1, 0.15) is 0 Å². The predicted molar refractivity (Wildman–Crippen MR) is 77.6 cm³/mol. The number of ether oxygens (including phenoxy) is 1. The Hall–Kier alpha value is -1.84. The average molecular weight is 275 g/mol. The molecule has 0 saturated carbocycles. The molecule has 0 aliphatic carbocycles. The molecule has 0 spiro atoms. The lowest BCUT2D eigenvalue weighted by Gasteiger charge is -2.21. The maximum atomic E-state index is 12.0. The Morgan fingerprint density at radius 1 is 1.25 bits per heavy atom. The van der Waals surface area contributed by atoms with Crippen molar-refractivity contribution in [3.05, 3.63) is 29.8 Å². The number of hydrogen-bond donors (Lipinski definition) is 0. The van der Waals surface area contributed by atoms with Gasteiger partial charge in [0.15, 0.2) is 0 Å². The molecule has 1 saturated heterocycles. The second-order valence-electron chi connectivity index (χ2n) is 6.23. The lowest BCUT2D eigenvalue weighted by atomic mass is 9.87. The fourth-order valence-corrected chi connectivity index (χ4v) is 2.42. The maximum Gasteiger partial charge on any atom is 0.311 e. The van der Waals surface area contributed by atoms with Crippen molar-refractivity contribution in [2.24, 2.45) is 5.92 Å². The number of carbonyl (C=O) groups excluding carboxylic acids is 2. The third-order valence-corrected chi connectivity index (χ3v) is 3.70. The van der Waals surface area contributed by atoms with Gasteiger partial charge in [-0.3, -0.25) is 9.59 Å².